The Kier molecular flexibility index (Phi) is 23.2. The quantitative estimate of drug-likeness (QED) is 0.0642. The van der Waals surface area contributed by atoms with E-state index in [0.717, 1.165) is 66.8 Å². The zero-order chi connectivity index (χ0) is 51.5. The van der Waals surface area contributed by atoms with Crippen molar-refractivity contribution in [2.75, 3.05) is 22.9 Å². The number of hydrogen-bond acceptors (Lipinski definition) is 11. The molecule has 0 aliphatic heterocycles. The Bertz CT molecular complexity index is 2460. The van der Waals surface area contributed by atoms with Gasteiger partial charge in [-0.25, -0.2) is 4.98 Å². The van der Waals surface area contributed by atoms with E-state index in [1.807, 2.05) is 126 Å². The van der Waals surface area contributed by atoms with Crippen LogP contribution >= 0.6 is 0 Å². The number of phenols is 6. The van der Waals surface area contributed by atoms with Gasteiger partial charge in [-0.3, -0.25) is 0 Å². The van der Waals surface area contributed by atoms with Crippen molar-refractivity contribution in [3.63, 3.8) is 0 Å². The highest BCUT2D eigenvalue weighted by molar-refractivity contribution is 5.52. The standard InChI is InChI=1S/4C9H12O.2C7H9NO.C6H9N3/c1-6-4-9(10)5-7(2)8(6)3;1-6-4-8(3)9(10)5-7(6)2;1-6-4-7(2)9(10)8(3)5-6;1-6-4-5-7(2)9(10)8(6)3;1-5-2-3-6(8)4-7(5)9;1-5-6(8)3-2-4-7(5)9;1-4-2-3-5(7)9-6(4)8/h4*4-5,10H,1-3H3;2*2-4,9H,8H2,1H3;2-3H,1H3,(H4,7,8,9). The van der Waals surface area contributed by atoms with E-state index >= 15 is 0 Å². The van der Waals surface area contributed by atoms with Gasteiger partial charge in [0, 0.05) is 23.0 Å². The van der Waals surface area contributed by atoms with Gasteiger partial charge in [-0.05, 0) is 219 Å². The predicted molar refractivity (Wildman–Crippen MR) is 282 cm³/mol. The molecule has 0 amide bonds. The average Bonchev–Trinajstić information content (AvgIpc) is 3.25. The Morgan fingerprint density at radius 1 is 0.343 bits per heavy atom. The minimum atomic E-state index is 0.259. The second kappa shape index (κ2) is 27.1. The molecule has 1 heterocycles. The molecule has 0 radical (unpaired) electrons. The number of pyridine rings is 1. The van der Waals surface area contributed by atoms with Crippen molar-refractivity contribution in [3.05, 3.63) is 181 Å². The number of benzene rings is 6. The lowest BCUT2D eigenvalue weighted by Crippen LogP contribution is -1.97. The molecule has 6 aromatic carbocycles. The summed E-state index contributed by atoms with van der Waals surface area (Å²) in [5.41, 5.74) is 38.5. The summed E-state index contributed by atoms with van der Waals surface area (Å²) in [5.74, 6) is 3.10. The molecule has 0 aliphatic rings. The van der Waals surface area contributed by atoms with E-state index in [1.54, 1.807) is 61.5 Å². The molecule has 0 saturated heterocycles. The maximum Gasteiger partial charge on any atom is 0.128 e. The fraction of sp³-hybridized carbons (Fsp3) is 0.268. The van der Waals surface area contributed by atoms with Crippen LogP contribution in [0.1, 0.15) is 83.5 Å². The van der Waals surface area contributed by atoms with Crippen molar-refractivity contribution in [1.82, 2.24) is 4.98 Å². The third-order valence-corrected chi connectivity index (χ3v) is 11.0. The largest absolute Gasteiger partial charge is 0.508 e. The Balaban J connectivity index is 0.000000391. The van der Waals surface area contributed by atoms with Crippen molar-refractivity contribution < 1.29 is 30.6 Å². The van der Waals surface area contributed by atoms with Gasteiger partial charge < -0.3 is 53.6 Å². The summed E-state index contributed by atoms with van der Waals surface area (Å²) in [6, 6.07) is 29.0. The van der Waals surface area contributed by atoms with Gasteiger partial charge in [0.15, 0.2) is 0 Å². The van der Waals surface area contributed by atoms with Gasteiger partial charge in [-0.1, -0.05) is 54.1 Å². The second-order valence-corrected chi connectivity index (χ2v) is 16.8. The second-order valence-electron chi connectivity index (χ2n) is 16.8. The number of phenolic OH excluding ortho intramolecular Hbond substituents is 6. The summed E-state index contributed by atoms with van der Waals surface area (Å²) in [5, 5.41) is 55.1. The van der Waals surface area contributed by atoms with Crippen molar-refractivity contribution in [3.8, 4) is 34.5 Å². The number of aromatic nitrogens is 1. The topological polar surface area (TPSA) is 238 Å². The lowest BCUT2D eigenvalue weighted by molar-refractivity contribution is 0.466. The molecule has 11 heteroatoms. The van der Waals surface area contributed by atoms with Crippen LogP contribution in [0.5, 0.6) is 34.5 Å². The van der Waals surface area contributed by atoms with E-state index in [1.165, 1.54) is 22.8 Å². The van der Waals surface area contributed by atoms with Gasteiger partial charge >= 0.3 is 0 Å². The molecule has 0 spiro atoms. The molecule has 0 atom stereocenters. The first-order valence-corrected chi connectivity index (χ1v) is 21.7. The number of nitrogen functional groups attached to an aromatic ring is 4. The molecule has 0 aliphatic carbocycles. The Morgan fingerprint density at radius 2 is 0.836 bits per heavy atom. The first-order chi connectivity index (χ1) is 31.1. The molecule has 1 aromatic heterocycles. The highest BCUT2D eigenvalue weighted by atomic mass is 16.3. The molecule has 0 bridgehead atoms. The lowest BCUT2D eigenvalue weighted by Gasteiger charge is -2.04. The summed E-state index contributed by atoms with van der Waals surface area (Å²) in [7, 11) is 0. The van der Waals surface area contributed by atoms with E-state index < -0.39 is 0 Å². The number of rotatable bonds is 0. The molecule has 0 unspecified atom stereocenters. The van der Waals surface area contributed by atoms with Crippen LogP contribution < -0.4 is 22.9 Å². The Labute approximate surface area is 399 Å². The monoisotopic (exact) mass is 914 g/mol. The molecule has 0 fully saturated rings. The van der Waals surface area contributed by atoms with Crippen LogP contribution in [-0.4, -0.2) is 35.6 Å². The number of anilines is 4. The highest BCUT2D eigenvalue weighted by Crippen LogP contribution is 2.25. The van der Waals surface area contributed by atoms with E-state index in [2.05, 4.69) is 11.9 Å². The molecule has 360 valence electrons. The smallest absolute Gasteiger partial charge is 0.128 e. The number of aromatic hydroxyl groups is 6. The number of nitrogens with zero attached hydrogens (tertiary/aromatic N) is 1. The fourth-order valence-electron chi connectivity index (χ4n) is 5.89. The third kappa shape index (κ3) is 19.6. The predicted octanol–water partition coefficient (Wildman–Crippen LogP) is 12.4. The van der Waals surface area contributed by atoms with Crippen LogP contribution in [0.4, 0.5) is 23.0 Å². The summed E-state index contributed by atoms with van der Waals surface area (Å²) < 4.78 is 0. The van der Waals surface area contributed by atoms with Gasteiger partial charge in [0.2, 0.25) is 0 Å². The van der Waals surface area contributed by atoms with Crippen molar-refractivity contribution in [2.45, 2.75) is 104 Å². The molecule has 14 N–H and O–H groups in total. The van der Waals surface area contributed by atoms with Gasteiger partial charge in [-0.2, -0.15) is 0 Å². The van der Waals surface area contributed by atoms with Crippen LogP contribution in [0.3, 0.4) is 0 Å². The molecule has 67 heavy (non-hydrogen) atoms. The first-order valence-electron chi connectivity index (χ1n) is 21.7. The lowest BCUT2D eigenvalue weighted by atomic mass is 10.0. The first kappa shape index (κ1) is 57.5. The summed E-state index contributed by atoms with van der Waals surface area (Å²) >= 11 is 0. The van der Waals surface area contributed by atoms with Gasteiger partial charge in [0.25, 0.3) is 0 Å². The van der Waals surface area contributed by atoms with Crippen molar-refractivity contribution in [2.24, 2.45) is 0 Å². The maximum atomic E-state index is 9.39. The normalized spacial score (nSPS) is 9.72. The van der Waals surface area contributed by atoms with Crippen LogP contribution in [0.15, 0.2) is 97.1 Å². The Morgan fingerprint density at radius 3 is 1.28 bits per heavy atom. The minimum Gasteiger partial charge on any atom is -0.508 e. The third-order valence-electron chi connectivity index (χ3n) is 11.0. The van der Waals surface area contributed by atoms with Crippen LogP contribution in [0.25, 0.3) is 0 Å². The van der Waals surface area contributed by atoms with E-state index in [-0.39, 0.29) is 11.5 Å². The van der Waals surface area contributed by atoms with Gasteiger partial charge in [-0.15, -0.1) is 0 Å². The molecule has 7 rings (SSSR count). The number of hydrogen-bond donors (Lipinski definition) is 10. The zero-order valence-electron chi connectivity index (χ0n) is 42.2. The number of aryl methyl sites for hydroxylation is 12. The van der Waals surface area contributed by atoms with Crippen LogP contribution in [-0.2, 0) is 0 Å². The van der Waals surface area contributed by atoms with E-state index in [9.17, 15) is 15.3 Å². The average molecular weight is 914 g/mol. The summed E-state index contributed by atoms with van der Waals surface area (Å²) in [4.78, 5) is 3.83. The fourth-order valence-corrected chi connectivity index (χ4v) is 5.89. The SMILES string of the molecule is Cc1c(N)cccc1O.Cc1cc(C)c(O)c(C)c1.Cc1cc(C)c(O)cc1C.Cc1cc(O)cc(C)c1C.Cc1ccc(C)c(O)c1C.Cc1ccc(N)cc1O.Cc1ccc(N)nc1N. The Hall–Kier alpha value is -7.53. The summed E-state index contributed by atoms with van der Waals surface area (Å²) in [6.45, 7) is 29.2. The molecule has 11 nitrogen and oxygen atoms in total. The maximum absolute atomic E-state index is 9.39. The molecular weight excluding hydrogens is 839 g/mol. The summed E-state index contributed by atoms with van der Waals surface area (Å²) in [6.07, 6.45) is 0. The minimum absolute atomic E-state index is 0.259. The van der Waals surface area contributed by atoms with Gasteiger partial charge in [0.1, 0.15) is 46.1 Å². The number of nitrogens with two attached hydrogens (primary N) is 4. The highest BCUT2D eigenvalue weighted by Gasteiger charge is 2.02. The van der Waals surface area contributed by atoms with Crippen molar-refractivity contribution in [1.29, 1.82) is 0 Å². The van der Waals surface area contributed by atoms with Gasteiger partial charge in [0.05, 0.1) is 0 Å². The van der Waals surface area contributed by atoms with Crippen molar-refractivity contribution >= 4 is 23.0 Å². The van der Waals surface area contributed by atoms with Crippen LogP contribution in [0, 0.1) is 104 Å². The molecule has 0 saturated carbocycles. The molecular formula is C56H75N5O6. The zero-order valence-corrected chi connectivity index (χ0v) is 42.2. The van der Waals surface area contributed by atoms with E-state index in [4.69, 9.17) is 38.3 Å². The van der Waals surface area contributed by atoms with E-state index in [0.29, 0.717) is 46.0 Å². The van der Waals surface area contributed by atoms with Crippen LogP contribution in [0.2, 0.25) is 0 Å². The molecule has 7 aromatic rings.